The zero-order chi connectivity index (χ0) is 20.2. The zero-order valence-corrected chi connectivity index (χ0v) is 16.3. The topological polar surface area (TPSA) is 83.5 Å². The van der Waals surface area contributed by atoms with Gasteiger partial charge in [0.1, 0.15) is 23.0 Å². The van der Waals surface area contributed by atoms with Crippen molar-refractivity contribution in [1.29, 1.82) is 0 Å². The van der Waals surface area contributed by atoms with E-state index >= 15 is 0 Å². The molecule has 2 aliphatic heterocycles. The van der Waals surface area contributed by atoms with Gasteiger partial charge in [-0.05, 0) is 18.6 Å². The second-order valence-electron chi connectivity index (χ2n) is 7.57. The van der Waals surface area contributed by atoms with E-state index in [4.69, 9.17) is 23.7 Å². The van der Waals surface area contributed by atoms with Crippen LogP contribution in [0, 0.1) is 5.92 Å². The predicted octanol–water partition coefficient (Wildman–Crippen LogP) is 3.01. The van der Waals surface area contributed by atoms with E-state index in [0.717, 1.165) is 11.1 Å². The van der Waals surface area contributed by atoms with Crippen LogP contribution in [-0.4, -0.2) is 37.7 Å². The number of ether oxygens (including phenoxy) is 5. The molecule has 0 unspecified atom stereocenters. The van der Waals surface area contributed by atoms with Crippen LogP contribution < -0.4 is 23.7 Å². The Labute approximate surface area is 168 Å². The molecule has 29 heavy (non-hydrogen) atoms. The van der Waals surface area contributed by atoms with Crippen molar-refractivity contribution in [2.75, 3.05) is 21.0 Å². The highest BCUT2D eigenvalue weighted by atomic mass is 16.7. The Morgan fingerprint density at radius 1 is 1.03 bits per heavy atom. The number of hydrogen-bond donors (Lipinski definition) is 1. The summed E-state index contributed by atoms with van der Waals surface area (Å²) in [5.74, 6) is 0.0844. The Morgan fingerprint density at radius 3 is 2.59 bits per heavy atom. The lowest BCUT2D eigenvalue weighted by molar-refractivity contribution is -0.206. The van der Waals surface area contributed by atoms with Gasteiger partial charge in [-0.25, -0.2) is 0 Å². The summed E-state index contributed by atoms with van der Waals surface area (Å²) in [6, 6.07) is 9.06. The van der Waals surface area contributed by atoms with Gasteiger partial charge in [0, 0.05) is 42.0 Å². The molecule has 3 atom stereocenters. The number of fused-ring (bicyclic) bond motifs is 3. The minimum atomic E-state index is -1.58. The Hall–Kier alpha value is -2.93. The Kier molecular flexibility index (Phi) is 4.10. The summed E-state index contributed by atoms with van der Waals surface area (Å²) in [5.41, 5.74) is 1.55. The van der Waals surface area contributed by atoms with Crippen LogP contribution in [0.15, 0.2) is 30.3 Å². The van der Waals surface area contributed by atoms with E-state index in [1.165, 1.54) is 0 Å². The quantitative estimate of drug-likeness (QED) is 0.851. The molecule has 5 rings (SSSR count). The van der Waals surface area contributed by atoms with E-state index in [0.29, 0.717) is 48.0 Å². The summed E-state index contributed by atoms with van der Waals surface area (Å²) in [4.78, 5) is 13.0. The molecule has 1 saturated carbocycles. The van der Waals surface area contributed by atoms with E-state index in [-0.39, 0.29) is 12.6 Å². The molecule has 152 valence electrons. The maximum absolute atomic E-state index is 13.0. The van der Waals surface area contributed by atoms with Crippen LogP contribution in [-0.2, 0) is 4.79 Å². The molecule has 2 aromatic carbocycles. The molecule has 0 bridgehead atoms. The van der Waals surface area contributed by atoms with Crippen molar-refractivity contribution in [3.05, 3.63) is 41.5 Å². The van der Waals surface area contributed by atoms with E-state index in [1.54, 1.807) is 26.4 Å². The molecule has 7 heteroatoms. The van der Waals surface area contributed by atoms with Crippen LogP contribution in [0.5, 0.6) is 28.7 Å². The van der Waals surface area contributed by atoms with Gasteiger partial charge in [-0.1, -0.05) is 6.07 Å². The predicted molar refractivity (Wildman–Crippen MR) is 102 cm³/mol. The largest absolute Gasteiger partial charge is 0.497 e. The lowest BCUT2D eigenvalue weighted by atomic mass is 9.67. The number of aliphatic hydroxyl groups is 1. The van der Waals surface area contributed by atoms with E-state index in [9.17, 15) is 9.90 Å². The molecule has 0 radical (unpaired) electrons. The van der Waals surface area contributed by atoms with E-state index in [1.807, 2.05) is 18.2 Å². The van der Waals surface area contributed by atoms with Gasteiger partial charge in [-0.15, -0.1) is 0 Å². The van der Waals surface area contributed by atoms with Crippen LogP contribution in [0.25, 0.3) is 0 Å². The highest BCUT2D eigenvalue weighted by Gasteiger charge is 2.55. The monoisotopic (exact) mass is 398 g/mol. The number of carbonyl (C=O) groups excluding carboxylic acids is 1. The van der Waals surface area contributed by atoms with Crippen molar-refractivity contribution in [1.82, 2.24) is 0 Å². The van der Waals surface area contributed by atoms with Gasteiger partial charge in [0.05, 0.1) is 20.1 Å². The fraction of sp³-hybridized carbons (Fsp3) is 0.409. The summed E-state index contributed by atoms with van der Waals surface area (Å²) in [7, 11) is 3.16. The molecule has 1 aliphatic carbocycles. The fourth-order valence-electron chi connectivity index (χ4n) is 4.70. The Bertz CT molecular complexity index is 985. The first kappa shape index (κ1) is 18.1. The third kappa shape index (κ3) is 2.72. The van der Waals surface area contributed by atoms with Gasteiger partial charge in [-0.2, -0.15) is 0 Å². The van der Waals surface area contributed by atoms with E-state index < -0.39 is 17.6 Å². The molecule has 0 spiro atoms. The lowest BCUT2D eigenvalue weighted by Gasteiger charge is -2.47. The van der Waals surface area contributed by atoms with Gasteiger partial charge < -0.3 is 28.8 Å². The maximum atomic E-state index is 13.0. The van der Waals surface area contributed by atoms with Gasteiger partial charge in [-0.3, -0.25) is 4.79 Å². The summed E-state index contributed by atoms with van der Waals surface area (Å²) in [6.07, 6.45) is 1.37. The summed E-state index contributed by atoms with van der Waals surface area (Å²) < 4.78 is 28.0. The summed E-state index contributed by atoms with van der Waals surface area (Å²) in [6.45, 7) is 0.126. The fourth-order valence-corrected chi connectivity index (χ4v) is 4.70. The van der Waals surface area contributed by atoms with Crippen molar-refractivity contribution >= 4 is 5.78 Å². The standard InChI is InChI=1S/C22H22O7/c1-25-12-5-6-13(16(8-12)26-2)20-14-9-18-19(28-11-27-18)10-17(14)29-22(24)7-3-4-15(23)21(20)22/h5-6,8-10,20-21,24H,3-4,7,11H2,1-2H3/t20-,21+,22+/m1/s1. The summed E-state index contributed by atoms with van der Waals surface area (Å²) in [5, 5.41) is 11.4. The molecule has 0 saturated heterocycles. The minimum absolute atomic E-state index is 0.0232. The molecular formula is C22H22O7. The molecule has 3 aliphatic rings. The van der Waals surface area contributed by atoms with Crippen molar-refractivity contribution < 1.29 is 33.6 Å². The molecule has 0 aromatic heterocycles. The van der Waals surface area contributed by atoms with Gasteiger partial charge in [0.15, 0.2) is 11.5 Å². The minimum Gasteiger partial charge on any atom is -0.497 e. The first-order chi connectivity index (χ1) is 14.0. The van der Waals surface area contributed by atoms with Crippen molar-refractivity contribution in [3.63, 3.8) is 0 Å². The van der Waals surface area contributed by atoms with Gasteiger partial charge in [0.25, 0.3) is 0 Å². The number of ketones is 1. The van der Waals surface area contributed by atoms with Crippen molar-refractivity contribution in [3.8, 4) is 28.7 Å². The smallest absolute Gasteiger partial charge is 0.231 e. The van der Waals surface area contributed by atoms with E-state index in [2.05, 4.69) is 0 Å². The summed E-state index contributed by atoms with van der Waals surface area (Å²) >= 11 is 0. The number of rotatable bonds is 3. The number of benzene rings is 2. The molecular weight excluding hydrogens is 376 g/mol. The highest BCUT2D eigenvalue weighted by Crippen LogP contribution is 2.55. The lowest BCUT2D eigenvalue weighted by Crippen LogP contribution is -2.55. The SMILES string of the molecule is COc1ccc([C@@H]2c3cc4c(cc3O[C@@]3(O)CCCC(=O)[C@@H]23)OCO4)c(OC)c1. The van der Waals surface area contributed by atoms with Crippen molar-refractivity contribution in [2.45, 2.75) is 31.0 Å². The van der Waals surface area contributed by atoms with Crippen LogP contribution in [0.3, 0.4) is 0 Å². The second kappa shape index (κ2) is 6.56. The van der Waals surface area contributed by atoms with Crippen LogP contribution in [0.4, 0.5) is 0 Å². The molecule has 1 fully saturated rings. The first-order valence-electron chi connectivity index (χ1n) is 9.63. The van der Waals surface area contributed by atoms with Crippen LogP contribution >= 0.6 is 0 Å². The zero-order valence-electron chi connectivity index (χ0n) is 16.3. The van der Waals surface area contributed by atoms with Crippen LogP contribution in [0.1, 0.15) is 36.3 Å². The third-order valence-corrected chi connectivity index (χ3v) is 6.03. The second-order valence-corrected chi connectivity index (χ2v) is 7.57. The van der Waals surface area contributed by atoms with Gasteiger partial charge in [0.2, 0.25) is 12.6 Å². The molecule has 0 amide bonds. The van der Waals surface area contributed by atoms with Crippen molar-refractivity contribution in [2.24, 2.45) is 5.92 Å². The van der Waals surface area contributed by atoms with Gasteiger partial charge >= 0.3 is 0 Å². The molecule has 1 N–H and O–H groups in total. The number of hydrogen-bond acceptors (Lipinski definition) is 7. The maximum Gasteiger partial charge on any atom is 0.231 e. The number of carbonyl (C=O) groups is 1. The normalized spacial score (nSPS) is 26.9. The van der Waals surface area contributed by atoms with Crippen LogP contribution in [0.2, 0.25) is 0 Å². The average molecular weight is 398 g/mol. The number of methoxy groups -OCH3 is 2. The highest BCUT2D eigenvalue weighted by molar-refractivity contribution is 5.85. The Morgan fingerprint density at radius 2 is 1.83 bits per heavy atom. The molecule has 7 nitrogen and oxygen atoms in total. The first-order valence-corrected chi connectivity index (χ1v) is 9.63. The molecule has 2 aromatic rings. The third-order valence-electron chi connectivity index (χ3n) is 6.03. The number of Topliss-reactive ketones (excluding diaryl/α,β-unsaturated/α-hetero) is 1. The average Bonchev–Trinajstić information content (AvgIpc) is 3.17. The molecule has 2 heterocycles. The Balaban J connectivity index is 1.74.